The molecule has 0 spiro atoms. The Labute approximate surface area is 141 Å². The van der Waals surface area contributed by atoms with Crippen LogP contribution in [0.25, 0.3) is 0 Å². The maximum atomic E-state index is 10.3. The molecular weight excluding hydrogens is 385 g/mol. The number of ether oxygens (including phenoxy) is 2. The van der Waals surface area contributed by atoms with Gasteiger partial charge in [-0.25, -0.2) is 9.59 Å². The molecule has 0 aliphatic rings. The summed E-state index contributed by atoms with van der Waals surface area (Å²) in [5.74, 6) is -4.17. The van der Waals surface area contributed by atoms with Crippen molar-refractivity contribution in [3.8, 4) is 0 Å². The monoisotopic (exact) mass is 400 g/mol. The van der Waals surface area contributed by atoms with E-state index in [2.05, 4.69) is 9.47 Å². The van der Waals surface area contributed by atoms with Crippen molar-refractivity contribution in [2.45, 2.75) is 13.8 Å². The van der Waals surface area contributed by atoms with Crippen molar-refractivity contribution in [1.82, 2.24) is 0 Å². The minimum absolute atomic E-state index is 0. The van der Waals surface area contributed by atoms with Crippen LogP contribution < -0.4 is 10.2 Å². The molecule has 0 aromatic rings. The zero-order valence-electron chi connectivity index (χ0n) is 11.7. The van der Waals surface area contributed by atoms with E-state index in [1.807, 2.05) is 0 Å². The number of esters is 2. The molecule has 0 aliphatic heterocycles. The van der Waals surface area contributed by atoms with Crippen molar-refractivity contribution >= 4 is 23.9 Å². The van der Waals surface area contributed by atoms with E-state index in [4.69, 9.17) is 0 Å². The molecule has 0 saturated carbocycles. The third-order valence-electron chi connectivity index (χ3n) is 1.28. The maximum Gasteiger partial charge on any atom is 2.00 e. The summed E-state index contributed by atoms with van der Waals surface area (Å²) >= 11 is 0. The largest absolute Gasteiger partial charge is 2.00 e. The van der Waals surface area contributed by atoms with Gasteiger partial charge in [-0.05, 0) is 26.0 Å². The second-order valence-corrected chi connectivity index (χ2v) is 2.81. The third-order valence-corrected chi connectivity index (χ3v) is 1.28. The van der Waals surface area contributed by atoms with Crippen LogP contribution in [0.3, 0.4) is 0 Å². The molecule has 0 aromatic heterocycles. The normalized spacial score (nSPS) is 9.24. The third kappa shape index (κ3) is 23.8. The van der Waals surface area contributed by atoms with E-state index in [1.54, 1.807) is 13.8 Å². The SMILES string of the molecule is CCOC(=O)/C=C\C(=O)[O-].CCOC(=O)/C=C\C(=O)[O-].[Cd+2]. The second kappa shape index (κ2) is 16.3. The number of aliphatic carboxylic acids is 2. The second-order valence-electron chi connectivity index (χ2n) is 2.81. The molecule has 0 bridgehead atoms. The quantitative estimate of drug-likeness (QED) is 0.277. The molecule has 0 fully saturated rings. The van der Waals surface area contributed by atoms with Crippen molar-refractivity contribution in [1.29, 1.82) is 0 Å². The van der Waals surface area contributed by atoms with E-state index in [0.717, 1.165) is 12.2 Å². The summed E-state index contributed by atoms with van der Waals surface area (Å²) < 4.78 is 8.75. The molecule has 0 saturated heterocycles. The van der Waals surface area contributed by atoms with Crippen LogP contribution in [0.5, 0.6) is 0 Å². The fourth-order valence-electron chi connectivity index (χ4n) is 0.653. The Morgan fingerprint density at radius 3 is 1.24 bits per heavy atom. The number of carbonyl (C=O) groups is 4. The summed E-state index contributed by atoms with van der Waals surface area (Å²) in [7, 11) is 0. The Morgan fingerprint density at radius 1 is 0.762 bits per heavy atom. The zero-order valence-corrected chi connectivity index (χ0v) is 15.7. The molecule has 0 heterocycles. The number of rotatable bonds is 6. The number of hydrogen-bond donors (Lipinski definition) is 0. The molecule has 9 heteroatoms. The van der Waals surface area contributed by atoms with Gasteiger partial charge in [0.1, 0.15) is 0 Å². The summed E-state index contributed by atoms with van der Waals surface area (Å²) in [5, 5.41) is 19.4. The predicted octanol–water partition coefficient (Wildman–Crippen LogP) is -2.29. The van der Waals surface area contributed by atoms with Crippen LogP contribution in [0.1, 0.15) is 13.8 Å². The first-order chi connectivity index (χ1) is 9.33. The van der Waals surface area contributed by atoms with E-state index >= 15 is 0 Å². The van der Waals surface area contributed by atoms with Crippen LogP contribution in [-0.4, -0.2) is 37.1 Å². The molecular formula is C12H14CdO8. The van der Waals surface area contributed by atoms with Gasteiger partial charge in [0.05, 0.1) is 25.2 Å². The minimum Gasteiger partial charge on any atom is -0.545 e. The first kappa shape index (κ1) is 24.3. The van der Waals surface area contributed by atoms with Crippen LogP contribution in [0, 0.1) is 0 Å². The van der Waals surface area contributed by atoms with Gasteiger partial charge in [0, 0.05) is 12.2 Å². The Morgan fingerprint density at radius 2 is 1.05 bits per heavy atom. The van der Waals surface area contributed by atoms with Crippen LogP contribution >= 0.6 is 0 Å². The van der Waals surface area contributed by atoms with Crippen molar-refractivity contribution < 1.29 is 66.2 Å². The van der Waals surface area contributed by atoms with Crippen molar-refractivity contribution in [2.75, 3.05) is 13.2 Å². The number of carboxylic acids is 2. The molecule has 21 heavy (non-hydrogen) atoms. The van der Waals surface area contributed by atoms with Crippen molar-refractivity contribution in [2.24, 2.45) is 0 Å². The standard InChI is InChI=1S/2C6H8O4.Cd/c2*1-2-10-6(9)4-3-5(7)8;/h2*3-4H,2H2,1H3,(H,7,8);/q;;+2/p-2/b2*4-3-;. The molecule has 112 valence electrons. The topological polar surface area (TPSA) is 133 Å². The molecule has 0 radical (unpaired) electrons. The zero-order chi connectivity index (χ0) is 16.0. The molecule has 0 rings (SSSR count). The van der Waals surface area contributed by atoms with Gasteiger partial charge in [-0.3, -0.25) is 0 Å². The Hall–Kier alpha value is -1.72. The molecule has 0 amide bonds. The van der Waals surface area contributed by atoms with E-state index in [-0.39, 0.29) is 40.5 Å². The van der Waals surface area contributed by atoms with Gasteiger partial charge < -0.3 is 29.3 Å². The van der Waals surface area contributed by atoms with Gasteiger partial charge in [0.2, 0.25) is 0 Å². The van der Waals surface area contributed by atoms with E-state index < -0.39 is 23.9 Å². The smallest absolute Gasteiger partial charge is 0.545 e. The van der Waals surface area contributed by atoms with E-state index in [9.17, 15) is 29.4 Å². The number of carbonyl (C=O) groups excluding carboxylic acids is 4. The van der Waals surface area contributed by atoms with Gasteiger partial charge >= 0.3 is 39.2 Å². The van der Waals surface area contributed by atoms with Gasteiger partial charge in [-0.2, -0.15) is 0 Å². The van der Waals surface area contributed by atoms with Crippen molar-refractivity contribution in [3.63, 3.8) is 0 Å². The number of hydrogen-bond acceptors (Lipinski definition) is 8. The van der Waals surface area contributed by atoms with Crippen LogP contribution in [0.2, 0.25) is 0 Å². The Balaban J connectivity index is -0.000000295. The van der Waals surface area contributed by atoms with E-state index in [0.29, 0.717) is 12.2 Å². The first-order valence-electron chi connectivity index (χ1n) is 5.45. The summed E-state index contributed by atoms with van der Waals surface area (Å²) in [6, 6.07) is 0. The molecule has 0 N–H and O–H groups in total. The van der Waals surface area contributed by atoms with Gasteiger partial charge in [0.15, 0.2) is 0 Å². The van der Waals surface area contributed by atoms with Gasteiger partial charge in [-0.15, -0.1) is 0 Å². The fourth-order valence-corrected chi connectivity index (χ4v) is 0.653. The fraction of sp³-hybridized carbons (Fsp3) is 0.333. The summed E-state index contributed by atoms with van der Waals surface area (Å²) in [4.78, 5) is 40.1. The Bertz CT molecular complexity index is 362. The van der Waals surface area contributed by atoms with E-state index in [1.165, 1.54) is 0 Å². The molecule has 0 unspecified atom stereocenters. The average Bonchev–Trinajstić information content (AvgIpc) is 2.35. The predicted molar refractivity (Wildman–Crippen MR) is 61.6 cm³/mol. The first-order valence-corrected chi connectivity index (χ1v) is 5.45. The molecule has 0 aliphatic carbocycles. The number of carboxylic acid groups (broad SMARTS) is 2. The van der Waals surface area contributed by atoms with Crippen LogP contribution in [0.4, 0.5) is 0 Å². The Kier molecular flexibility index (Phi) is 18.9. The van der Waals surface area contributed by atoms with Crippen LogP contribution in [0.15, 0.2) is 24.3 Å². The van der Waals surface area contributed by atoms with Crippen LogP contribution in [-0.2, 0) is 56.0 Å². The average molecular weight is 399 g/mol. The van der Waals surface area contributed by atoms with Gasteiger partial charge in [0.25, 0.3) is 0 Å². The molecule has 0 aromatic carbocycles. The summed E-state index contributed by atoms with van der Waals surface area (Å²) in [5.41, 5.74) is 0. The van der Waals surface area contributed by atoms with Gasteiger partial charge in [-0.1, -0.05) is 0 Å². The van der Waals surface area contributed by atoms with Crippen molar-refractivity contribution in [3.05, 3.63) is 24.3 Å². The minimum atomic E-state index is -1.41. The summed E-state index contributed by atoms with van der Waals surface area (Å²) in [6.45, 7) is 3.72. The molecule has 8 nitrogen and oxygen atoms in total. The summed E-state index contributed by atoms with van der Waals surface area (Å²) in [6.07, 6.45) is 2.85. The maximum absolute atomic E-state index is 10.3. The molecule has 0 atom stereocenters.